The van der Waals surface area contributed by atoms with Gasteiger partial charge in [-0.05, 0) is 74.9 Å². The first-order chi connectivity index (χ1) is 7.24. The van der Waals surface area contributed by atoms with Crippen molar-refractivity contribution in [1.29, 1.82) is 0 Å². The first-order valence-corrected chi connectivity index (χ1v) is 7.16. The SMILES string of the molecule is Brc1ccc(CNc2ccc(I)cc2)s1. The van der Waals surface area contributed by atoms with Crippen LogP contribution in [0.1, 0.15) is 4.88 Å². The van der Waals surface area contributed by atoms with Crippen LogP contribution in [-0.4, -0.2) is 0 Å². The molecule has 0 unspecified atom stereocenters. The summed E-state index contributed by atoms with van der Waals surface area (Å²) >= 11 is 7.53. The highest BCUT2D eigenvalue weighted by atomic mass is 127. The second-order valence-corrected chi connectivity index (χ2v) is 6.86. The lowest BCUT2D eigenvalue weighted by atomic mass is 10.3. The summed E-state index contributed by atoms with van der Waals surface area (Å²) in [5, 5.41) is 3.39. The van der Waals surface area contributed by atoms with E-state index in [1.807, 2.05) is 0 Å². The van der Waals surface area contributed by atoms with Crippen LogP contribution in [0.15, 0.2) is 40.2 Å². The maximum absolute atomic E-state index is 3.46. The molecular formula is C11H9BrINS. The summed E-state index contributed by atoms with van der Waals surface area (Å²) in [4.78, 5) is 1.33. The van der Waals surface area contributed by atoms with Crippen molar-refractivity contribution in [1.82, 2.24) is 0 Å². The molecule has 0 saturated heterocycles. The maximum atomic E-state index is 3.46. The van der Waals surface area contributed by atoms with Crippen LogP contribution < -0.4 is 5.32 Å². The summed E-state index contributed by atoms with van der Waals surface area (Å²) in [5.74, 6) is 0. The molecule has 0 aliphatic carbocycles. The molecular weight excluding hydrogens is 385 g/mol. The molecule has 0 fully saturated rings. The van der Waals surface area contributed by atoms with Gasteiger partial charge in [0, 0.05) is 20.7 Å². The summed E-state index contributed by atoms with van der Waals surface area (Å²) in [7, 11) is 0. The Labute approximate surface area is 115 Å². The topological polar surface area (TPSA) is 12.0 Å². The molecule has 4 heteroatoms. The van der Waals surface area contributed by atoms with Gasteiger partial charge in [0.25, 0.3) is 0 Å². The van der Waals surface area contributed by atoms with Crippen molar-refractivity contribution in [2.45, 2.75) is 6.54 Å². The predicted octanol–water partition coefficient (Wildman–Crippen LogP) is 4.73. The van der Waals surface area contributed by atoms with Gasteiger partial charge in [-0.2, -0.15) is 0 Å². The Kier molecular flexibility index (Phi) is 4.05. The van der Waals surface area contributed by atoms with Crippen molar-refractivity contribution in [3.8, 4) is 0 Å². The number of benzene rings is 1. The zero-order valence-electron chi connectivity index (χ0n) is 7.84. The Hall–Kier alpha value is -0.0700. The van der Waals surface area contributed by atoms with Gasteiger partial charge in [0.2, 0.25) is 0 Å². The summed E-state index contributed by atoms with van der Waals surface area (Å²) in [6, 6.07) is 12.6. The van der Waals surface area contributed by atoms with Gasteiger partial charge in [-0.15, -0.1) is 11.3 Å². The van der Waals surface area contributed by atoms with E-state index in [1.165, 1.54) is 17.9 Å². The highest BCUT2D eigenvalue weighted by Crippen LogP contribution is 2.23. The van der Waals surface area contributed by atoms with E-state index in [9.17, 15) is 0 Å². The van der Waals surface area contributed by atoms with E-state index < -0.39 is 0 Å². The Balaban J connectivity index is 1.96. The molecule has 0 spiro atoms. The van der Waals surface area contributed by atoms with Gasteiger partial charge in [-0.1, -0.05) is 0 Å². The Bertz CT molecular complexity index is 438. The van der Waals surface area contributed by atoms with E-state index in [-0.39, 0.29) is 0 Å². The molecule has 0 radical (unpaired) electrons. The number of rotatable bonds is 3. The first-order valence-electron chi connectivity index (χ1n) is 4.48. The van der Waals surface area contributed by atoms with E-state index in [2.05, 4.69) is 80.2 Å². The van der Waals surface area contributed by atoms with Crippen molar-refractivity contribution >= 4 is 55.5 Å². The minimum Gasteiger partial charge on any atom is -0.380 e. The summed E-state index contributed by atoms with van der Waals surface area (Å²) < 4.78 is 2.44. The van der Waals surface area contributed by atoms with Crippen LogP contribution in [0.25, 0.3) is 0 Å². The van der Waals surface area contributed by atoms with E-state index in [0.29, 0.717) is 0 Å². The van der Waals surface area contributed by atoms with Crippen LogP contribution in [0.2, 0.25) is 0 Å². The van der Waals surface area contributed by atoms with E-state index in [1.54, 1.807) is 11.3 Å². The van der Waals surface area contributed by atoms with Gasteiger partial charge in [0.05, 0.1) is 3.79 Å². The van der Waals surface area contributed by atoms with Gasteiger partial charge in [-0.25, -0.2) is 0 Å². The summed E-state index contributed by atoms with van der Waals surface area (Å²) in [5.41, 5.74) is 1.17. The van der Waals surface area contributed by atoms with Crippen LogP contribution in [0.3, 0.4) is 0 Å². The van der Waals surface area contributed by atoms with Crippen molar-refractivity contribution in [3.05, 3.63) is 48.6 Å². The van der Waals surface area contributed by atoms with Crippen LogP contribution in [0.5, 0.6) is 0 Å². The predicted molar refractivity (Wildman–Crippen MR) is 78.5 cm³/mol. The lowest BCUT2D eigenvalue weighted by molar-refractivity contribution is 1.19. The molecule has 1 aromatic carbocycles. The normalized spacial score (nSPS) is 10.3. The molecule has 2 aromatic rings. The number of hydrogen-bond donors (Lipinski definition) is 1. The van der Waals surface area contributed by atoms with Crippen LogP contribution in [0.4, 0.5) is 5.69 Å². The number of hydrogen-bond acceptors (Lipinski definition) is 2. The summed E-state index contributed by atoms with van der Waals surface area (Å²) in [6.45, 7) is 0.886. The fraction of sp³-hybridized carbons (Fsp3) is 0.0909. The standard InChI is InChI=1S/C11H9BrINS/c12-11-6-5-10(15-11)7-14-9-3-1-8(13)2-4-9/h1-6,14H,7H2. The Morgan fingerprint density at radius 1 is 1.13 bits per heavy atom. The van der Waals surface area contributed by atoms with Crippen LogP contribution in [-0.2, 0) is 6.54 Å². The number of nitrogens with one attached hydrogen (secondary N) is 1. The van der Waals surface area contributed by atoms with E-state index >= 15 is 0 Å². The minimum atomic E-state index is 0.886. The molecule has 0 amide bonds. The van der Waals surface area contributed by atoms with Gasteiger partial charge in [0.15, 0.2) is 0 Å². The number of anilines is 1. The molecule has 0 atom stereocenters. The Morgan fingerprint density at radius 2 is 1.87 bits per heavy atom. The lowest BCUT2D eigenvalue weighted by Crippen LogP contribution is -1.96. The maximum Gasteiger partial charge on any atom is 0.0702 e. The van der Waals surface area contributed by atoms with E-state index in [4.69, 9.17) is 0 Å². The largest absolute Gasteiger partial charge is 0.380 e. The third-order valence-corrected chi connectivity index (χ3v) is 4.28. The Morgan fingerprint density at radius 3 is 2.47 bits per heavy atom. The monoisotopic (exact) mass is 393 g/mol. The quantitative estimate of drug-likeness (QED) is 0.743. The molecule has 0 aliphatic rings. The van der Waals surface area contributed by atoms with Crippen LogP contribution >= 0.6 is 49.9 Å². The molecule has 0 bridgehead atoms. The van der Waals surface area contributed by atoms with Gasteiger partial charge in [-0.3, -0.25) is 0 Å². The highest BCUT2D eigenvalue weighted by molar-refractivity contribution is 14.1. The molecule has 2 rings (SSSR count). The molecule has 1 heterocycles. The fourth-order valence-corrected chi connectivity index (χ4v) is 2.99. The average molecular weight is 394 g/mol. The highest BCUT2D eigenvalue weighted by Gasteiger charge is 1.97. The summed E-state index contributed by atoms with van der Waals surface area (Å²) in [6.07, 6.45) is 0. The van der Waals surface area contributed by atoms with Crippen molar-refractivity contribution in [3.63, 3.8) is 0 Å². The zero-order valence-corrected chi connectivity index (χ0v) is 12.4. The van der Waals surface area contributed by atoms with Gasteiger partial charge in [0.1, 0.15) is 0 Å². The third kappa shape index (κ3) is 3.46. The molecule has 0 aliphatic heterocycles. The molecule has 1 N–H and O–H groups in total. The smallest absolute Gasteiger partial charge is 0.0702 e. The number of thiophene rings is 1. The average Bonchev–Trinajstić information content (AvgIpc) is 2.64. The van der Waals surface area contributed by atoms with Crippen molar-refractivity contribution < 1.29 is 0 Å². The van der Waals surface area contributed by atoms with Crippen LogP contribution in [0, 0.1) is 3.57 Å². The molecule has 1 nitrogen and oxygen atoms in total. The van der Waals surface area contributed by atoms with Gasteiger partial charge < -0.3 is 5.32 Å². The first kappa shape index (κ1) is 11.4. The molecule has 1 aromatic heterocycles. The minimum absolute atomic E-state index is 0.886. The second-order valence-electron chi connectivity index (χ2n) is 3.07. The van der Waals surface area contributed by atoms with Crippen molar-refractivity contribution in [2.24, 2.45) is 0 Å². The molecule has 15 heavy (non-hydrogen) atoms. The van der Waals surface area contributed by atoms with E-state index in [0.717, 1.165) is 6.54 Å². The van der Waals surface area contributed by atoms with Gasteiger partial charge >= 0.3 is 0 Å². The fourth-order valence-electron chi connectivity index (χ4n) is 1.20. The molecule has 0 saturated carbocycles. The van der Waals surface area contributed by atoms with Crippen molar-refractivity contribution in [2.75, 3.05) is 5.32 Å². The number of halogens is 2. The third-order valence-electron chi connectivity index (χ3n) is 1.94. The second kappa shape index (κ2) is 5.32. The zero-order chi connectivity index (χ0) is 10.7. The lowest BCUT2D eigenvalue weighted by Gasteiger charge is -2.04. The molecule has 78 valence electrons.